The molecule has 4 rings (SSSR count). The third kappa shape index (κ3) is 4.60. The topological polar surface area (TPSA) is 64.0 Å². The highest BCUT2D eigenvalue weighted by Gasteiger charge is 2.23. The summed E-state index contributed by atoms with van der Waals surface area (Å²) in [5.74, 6) is -0.107. The Bertz CT molecular complexity index is 1310. The zero-order valence-electron chi connectivity index (χ0n) is 18.3. The Morgan fingerprint density at radius 3 is 2.34 bits per heavy atom. The Morgan fingerprint density at radius 2 is 1.66 bits per heavy atom. The average molecular weight is 444 g/mol. The van der Waals surface area contributed by atoms with Crippen molar-refractivity contribution >= 4 is 34.3 Å². The van der Waals surface area contributed by atoms with Gasteiger partial charge in [-0.1, -0.05) is 55.1 Å². The fourth-order valence-corrected chi connectivity index (χ4v) is 4.75. The lowest BCUT2D eigenvalue weighted by Gasteiger charge is -2.18. The van der Waals surface area contributed by atoms with E-state index in [0.717, 1.165) is 22.5 Å². The van der Waals surface area contributed by atoms with Gasteiger partial charge in [-0.25, -0.2) is 4.98 Å². The van der Waals surface area contributed by atoms with Crippen molar-refractivity contribution in [1.82, 2.24) is 9.55 Å². The smallest absolute Gasteiger partial charge is 0.266 e. The van der Waals surface area contributed by atoms with Gasteiger partial charge >= 0.3 is 0 Å². The van der Waals surface area contributed by atoms with Crippen LogP contribution in [0.25, 0.3) is 16.6 Å². The molecule has 1 atom stereocenters. The summed E-state index contributed by atoms with van der Waals surface area (Å²) in [6, 6.07) is 22.7. The summed E-state index contributed by atoms with van der Waals surface area (Å²) >= 11 is 1.31. The molecule has 0 bridgehead atoms. The van der Waals surface area contributed by atoms with Crippen molar-refractivity contribution in [2.45, 2.75) is 37.6 Å². The minimum Gasteiger partial charge on any atom is -0.325 e. The van der Waals surface area contributed by atoms with E-state index in [2.05, 4.69) is 11.4 Å². The standard InChI is InChI=1S/C26H25N3O2S/c1-4-23(24(30)27-19-15-17(2)14-18(3)16-19)32-26-28-22-13-9-8-12-21(22)25(31)29(26)20-10-6-5-7-11-20/h5-16,23H,4H2,1-3H3,(H,27,30). The highest BCUT2D eigenvalue weighted by atomic mass is 32.2. The summed E-state index contributed by atoms with van der Waals surface area (Å²) in [5, 5.41) is 3.68. The van der Waals surface area contributed by atoms with E-state index in [9.17, 15) is 9.59 Å². The van der Waals surface area contributed by atoms with Crippen LogP contribution < -0.4 is 10.9 Å². The summed E-state index contributed by atoms with van der Waals surface area (Å²) < 4.78 is 1.60. The summed E-state index contributed by atoms with van der Waals surface area (Å²) in [5.41, 5.74) is 4.16. The number of thioether (sulfide) groups is 1. The third-order valence-electron chi connectivity index (χ3n) is 5.16. The Hall–Kier alpha value is -3.38. The molecule has 3 aromatic carbocycles. The minimum absolute atomic E-state index is 0.107. The number of para-hydroxylation sites is 2. The zero-order chi connectivity index (χ0) is 22.7. The highest BCUT2D eigenvalue weighted by molar-refractivity contribution is 8.00. The van der Waals surface area contributed by atoms with Crippen LogP contribution in [0.5, 0.6) is 0 Å². The van der Waals surface area contributed by atoms with Crippen molar-refractivity contribution in [3.63, 3.8) is 0 Å². The number of aryl methyl sites for hydroxylation is 2. The van der Waals surface area contributed by atoms with Crippen LogP contribution in [0.15, 0.2) is 82.7 Å². The largest absolute Gasteiger partial charge is 0.325 e. The fraction of sp³-hybridized carbons (Fsp3) is 0.192. The van der Waals surface area contributed by atoms with Crippen LogP contribution in [-0.4, -0.2) is 20.7 Å². The average Bonchev–Trinajstić information content (AvgIpc) is 2.77. The number of carbonyl (C=O) groups is 1. The number of aromatic nitrogens is 2. The quantitative estimate of drug-likeness (QED) is 0.315. The molecule has 1 N–H and O–H groups in total. The first-order valence-electron chi connectivity index (χ1n) is 10.6. The predicted molar refractivity (Wildman–Crippen MR) is 132 cm³/mol. The molecule has 5 nitrogen and oxygen atoms in total. The van der Waals surface area contributed by atoms with Gasteiger partial charge in [0.1, 0.15) is 0 Å². The van der Waals surface area contributed by atoms with Gasteiger partial charge in [-0.05, 0) is 67.8 Å². The van der Waals surface area contributed by atoms with E-state index < -0.39 is 5.25 Å². The van der Waals surface area contributed by atoms with E-state index in [1.54, 1.807) is 10.6 Å². The van der Waals surface area contributed by atoms with E-state index in [1.807, 2.05) is 81.4 Å². The van der Waals surface area contributed by atoms with Crippen LogP contribution in [0.2, 0.25) is 0 Å². The van der Waals surface area contributed by atoms with Crippen molar-refractivity contribution in [1.29, 1.82) is 0 Å². The van der Waals surface area contributed by atoms with Crippen LogP contribution in [-0.2, 0) is 4.79 Å². The predicted octanol–water partition coefficient (Wildman–Crippen LogP) is 5.51. The van der Waals surface area contributed by atoms with Crippen molar-refractivity contribution in [3.8, 4) is 5.69 Å². The van der Waals surface area contributed by atoms with Gasteiger partial charge in [-0.15, -0.1) is 0 Å². The maximum Gasteiger partial charge on any atom is 0.266 e. The molecule has 0 radical (unpaired) electrons. The SMILES string of the molecule is CCC(Sc1nc2ccccc2c(=O)n1-c1ccccc1)C(=O)Nc1cc(C)cc(C)c1. The van der Waals surface area contributed by atoms with E-state index in [-0.39, 0.29) is 11.5 Å². The molecule has 0 fully saturated rings. The Kier molecular flexibility index (Phi) is 6.42. The van der Waals surface area contributed by atoms with Gasteiger partial charge in [-0.2, -0.15) is 0 Å². The molecule has 0 aliphatic heterocycles. The molecule has 0 saturated heterocycles. The van der Waals surface area contributed by atoms with E-state index >= 15 is 0 Å². The number of carbonyl (C=O) groups excluding carboxylic acids is 1. The van der Waals surface area contributed by atoms with Crippen LogP contribution >= 0.6 is 11.8 Å². The molecule has 4 aromatic rings. The zero-order valence-corrected chi connectivity index (χ0v) is 19.1. The van der Waals surface area contributed by atoms with Gasteiger partial charge in [0.15, 0.2) is 5.16 Å². The molecule has 1 heterocycles. The molecule has 1 aromatic heterocycles. The van der Waals surface area contributed by atoms with Crippen LogP contribution in [0, 0.1) is 13.8 Å². The molecule has 6 heteroatoms. The number of rotatable bonds is 6. The highest BCUT2D eigenvalue weighted by Crippen LogP contribution is 2.28. The molecule has 1 amide bonds. The number of hydrogen-bond donors (Lipinski definition) is 1. The number of anilines is 1. The Morgan fingerprint density at radius 1 is 1.00 bits per heavy atom. The maximum absolute atomic E-state index is 13.4. The summed E-state index contributed by atoms with van der Waals surface area (Å²) in [6.45, 7) is 5.98. The first-order chi connectivity index (χ1) is 15.5. The van der Waals surface area contributed by atoms with Gasteiger partial charge in [0.05, 0.1) is 21.8 Å². The molecule has 32 heavy (non-hydrogen) atoms. The molecular formula is C26H25N3O2S. The minimum atomic E-state index is -0.404. The first-order valence-corrected chi connectivity index (χ1v) is 11.5. The first kappa shape index (κ1) is 21.8. The van der Waals surface area contributed by atoms with Crippen molar-refractivity contribution in [3.05, 3.63) is 94.3 Å². The van der Waals surface area contributed by atoms with Crippen molar-refractivity contribution in [2.24, 2.45) is 0 Å². The monoisotopic (exact) mass is 443 g/mol. The van der Waals surface area contributed by atoms with Gasteiger partial charge in [0.2, 0.25) is 5.91 Å². The lowest BCUT2D eigenvalue weighted by atomic mass is 10.1. The lowest BCUT2D eigenvalue weighted by Crippen LogP contribution is -2.27. The summed E-state index contributed by atoms with van der Waals surface area (Å²) in [7, 11) is 0. The van der Waals surface area contributed by atoms with Gasteiger partial charge < -0.3 is 5.32 Å². The fourth-order valence-electron chi connectivity index (χ4n) is 3.72. The number of nitrogens with zero attached hydrogens (tertiary/aromatic N) is 2. The Balaban J connectivity index is 1.73. The second-order valence-corrected chi connectivity index (χ2v) is 8.94. The number of fused-ring (bicyclic) bond motifs is 1. The number of hydrogen-bond acceptors (Lipinski definition) is 4. The second kappa shape index (κ2) is 9.40. The van der Waals surface area contributed by atoms with E-state index in [0.29, 0.717) is 22.5 Å². The van der Waals surface area contributed by atoms with Crippen LogP contribution in [0.4, 0.5) is 5.69 Å². The summed E-state index contributed by atoms with van der Waals surface area (Å²) in [6.07, 6.45) is 0.596. The molecule has 0 saturated carbocycles. The van der Waals surface area contributed by atoms with Gasteiger partial charge in [-0.3, -0.25) is 14.2 Å². The number of benzene rings is 3. The second-order valence-electron chi connectivity index (χ2n) is 7.77. The number of amides is 1. The molecule has 0 aliphatic rings. The molecule has 0 aliphatic carbocycles. The summed E-state index contributed by atoms with van der Waals surface area (Å²) in [4.78, 5) is 31.2. The van der Waals surface area contributed by atoms with E-state index in [1.165, 1.54) is 11.8 Å². The molecule has 1 unspecified atom stereocenters. The van der Waals surface area contributed by atoms with Crippen molar-refractivity contribution in [2.75, 3.05) is 5.32 Å². The van der Waals surface area contributed by atoms with Crippen molar-refractivity contribution < 1.29 is 4.79 Å². The molecule has 0 spiro atoms. The normalized spacial score (nSPS) is 12.0. The molecular weight excluding hydrogens is 418 g/mol. The van der Waals surface area contributed by atoms with E-state index in [4.69, 9.17) is 4.98 Å². The maximum atomic E-state index is 13.4. The van der Waals surface area contributed by atoms with Gasteiger partial charge in [0, 0.05) is 5.69 Å². The third-order valence-corrected chi connectivity index (χ3v) is 6.48. The Labute approximate surface area is 191 Å². The lowest BCUT2D eigenvalue weighted by molar-refractivity contribution is -0.115. The van der Waals surface area contributed by atoms with Crippen LogP contribution in [0.3, 0.4) is 0 Å². The van der Waals surface area contributed by atoms with Crippen LogP contribution in [0.1, 0.15) is 24.5 Å². The number of nitrogens with one attached hydrogen (secondary N) is 1. The molecule has 162 valence electrons. The van der Waals surface area contributed by atoms with Gasteiger partial charge in [0.25, 0.3) is 5.56 Å².